The van der Waals surface area contributed by atoms with Crippen molar-refractivity contribution < 1.29 is 9.53 Å². The second-order valence-corrected chi connectivity index (χ2v) is 6.96. The highest BCUT2D eigenvalue weighted by Crippen LogP contribution is 2.42. The molecule has 1 saturated carbocycles. The zero-order valence-electron chi connectivity index (χ0n) is 13.0. The van der Waals surface area contributed by atoms with Crippen LogP contribution in [0.3, 0.4) is 0 Å². The summed E-state index contributed by atoms with van der Waals surface area (Å²) >= 11 is 1.63. The van der Waals surface area contributed by atoms with Crippen molar-refractivity contribution in [2.75, 3.05) is 12.4 Å². The first-order valence-corrected chi connectivity index (χ1v) is 8.57. The molecule has 1 aromatic heterocycles. The van der Waals surface area contributed by atoms with E-state index in [1.807, 2.05) is 19.1 Å². The Morgan fingerprint density at radius 3 is 2.81 bits per heavy atom. The Morgan fingerprint density at radius 2 is 2.19 bits per heavy atom. The molecular weight excluding hydrogens is 284 g/mol. The van der Waals surface area contributed by atoms with E-state index in [0.29, 0.717) is 5.75 Å². The van der Waals surface area contributed by atoms with E-state index < -0.39 is 0 Å². The Balaban J connectivity index is 1.69. The molecular formula is C16H24N2O2S. The molecule has 1 aliphatic rings. The van der Waals surface area contributed by atoms with Gasteiger partial charge in [-0.1, -0.05) is 13.8 Å². The van der Waals surface area contributed by atoms with E-state index in [1.165, 1.54) is 5.56 Å². The second kappa shape index (κ2) is 7.27. The maximum Gasteiger partial charge on any atom is 0.230 e. The Bertz CT molecular complexity index is 465. The highest BCUT2D eigenvalue weighted by atomic mass is 32.2. The smallest absolute Gasteiger partial charge is 0.230 e. The first-order valence-electron chi connectivity index (χ1n) is 7.41. The van der Waals surface area contributed by atoms with Crippen molar-refractivity contribution in [3.8, 4) is 0 Å². The van der Waals surface area contributed by atoms with E-state index in [1.54, 1.807) is 24.2 Å². The number of rotatable bonds is 7. The maximum atomic E-state index is 12.0. The normalized spacial score (nSPS) is 23.4. The molecule has 0 radical (unpaired) electrons. The molecule has 1 heterocycles. The van der Waals surface area contributed by atoms with Crippen LogP contribution in [-0.4, -0.2) is 35.4 Å². The summed E-state index contributed by atoms with van der Waals surface area (Å²) in [6.45, 7) is 7.06. The lowest BCUT2D eigenvalue weighted by Crippen LogP contribution is -2.62. The fourth-order valence-corrected chi connectivity index (χ4v) is 3.39. The SMILES string of the molecule is CCO[C@H]1C[C@H](NC(=O)CSCc2ccncc2)C1(C)C. The Labute approximate surface area is 131 Å². The fraction of sp³-hybridized carbons (Fsp3) is 0.625. The van der Waals surface area contributed by atoms with Gasteiger partial charge in [0.1, 0.15) is 0 Å². The van der Waals surface area contributed by atoms with Crippen LogP contribution in [0.5, 0.6) is 0 Å². The van der Waals surface area contributed by atoms with E-state index >= 15 is 0 Å². The van der Waals surface area contributed by atoms with Crippen molar-refractivity contribution in [1.82, 2.24) is 10.3 Å². The molecule has 1 aromatic rings. The van der Waals surface area contributed by atoms with Crippen molar-refractivity contribution in [3.05, 3.63) is 30.1 Å². The molecule has 1 amide bonds. The van der Waals surface area contributed by atoms with Crippen LogP contribution in [0.4, 0.5) is 0 Å². The average molecular weight is 308 g/mol. The van der Waals surface area contributed by atoms with Gasteiger partial charge in [0.15, 0.2) is 0 Å². The summed E-state index contributed by atoms with van der Waals surface area (Å²) in [5.41, 5.74) is 1.23. The number of thioether (sulfide) groups is 1. The van der Waals surface area contributed by atoms with Crippen LogP contribution in [0.15, 0.2) is 24.5 Å². The third-order valence-corrected chi connectivity index (χ3v) is 5.14. The van der Waals surface area contributed by atoms with E-state index in [-0.39, 0.29) is 23.5 Å². The van der Waals surface area contributed by atoms with Crippen molar-refractivity contribution >= 4 is 17.7 Å². The fourth-order valence-electron chi connectivity index (χ4n) is 2.59. The molecule has 0 spiro atoms. The number of ether oxygens (including phenoxy) is 1. The Hall–Kier alpha value is -1.07. The lowest BCUT2D eigenvalue weighted by Gasteiger charge is -2.51. The number of carbonyl (C=O) groups is 1. The van der Waals surface area contributed by atoms with Gasteiger partial charge in [0.2, 0.25) is 5.91 Å². The molecule has 116 valence electrons. The standard InChI is InChI=1S/C16H24N2O2S/c1-4-20-14-9-13(16(14,2)3)18-15(19)11-21-10-12-5-7-17-8-6-12/h5-8,13-14H,4,9-11H2,1-3H3,(H,18,19)/t13-,14-/m0/s1. The molecule has 0 aromatic carbocycles. The molecule has 0 saturated heterocycles. The number of nitrogens with one attached hydrogen (secondary N) is 1. The average Bonchev–Trinajstić information content (AvgIpc) is 2.47. The van der Waals surface area contributed by atoms with Gasteiger partial charge in [0.05, 0.1) is 11.9 Å². The van der Waals surface area contributed by atoms with E-state index in [0.717, 1.165) is 18.8 Å². The van der Waals surface area contributed by atoms with Gasteiger partial charge >= 0.3 is 0 Å². The topological polar surface area (TPSA) is 51.2 Å². The van der Waals surface area contributed by atoms with Crippen LogP contribution < -0.4 is 5.32 Å². The number of hydrogen-bond donors (Lipinski definition) is 1. The zero-order chi connectivity index (χ0) is 15.3. The summed E-state index contributed by atoms with van der Waals surface area (Å²) in [6.07, 6.45) is 4.74. The molecule has 0 aliphatic heterocycles. The molecule has 0 unspecified atom stereocenters. The van der Waals surface area contributed by atoms with Gasteiger partial charge in [-0.25, -0.2) is 0 Å². The lowest BCUT2D eigenvalue weighted by atomic mass is 9.64. The predicted octanol–water partition coefficient (Wildman–Crippen LogP) is 2.63. The van der Waals surface area contributed by atoms with Gasteiger partial charge in [0, 0.05) is 36.2 Å². The van der Waals surface area contributed by atoms with Gasteiger partial charge < -0.3 is 10.1 Å². The Kier molecular flexibility index (Phi) is 5.65. The molecule has 4 nitrogen and oxygen atoms in total. The summed E-state index contributed by atoms with van der Waals surface area (Å²) in [5.74, 6) is 1.45. The van der Waals surface area contributed by atoms with Crippen molar-refractivity contribution in [2.45, 2.75) is 45.1 Å². The quantitative estimate of drug-likeness (QED) is 0.841. The van der Waals surface area contributed by atoms with E-state index in [9.17, 15) is 4.79 Å². The second-order valence-electron chi connectivity index (χ2n) is 5.97. The molecule has 0 bridgehead atoms. The summed E-state index contributed by atoms with van der Waals surface area (Å²) < 4.78 is 5.68. The zero-order valence-corrected chi connectivity index (χ0v) is 13.8. The van der Waals surface area contributed by atoms with Gasteiger partial charge in [-0.3, -0.25) is 9.78 Å². The highest BCUT2D eigenvalue weighted by molar-refractivity contribution is 7.99. The number of hydrogen-bond acceptors (Lipinski definition) is 4. The van der Waals surface area contributed by atoms with Gasteiger partial charge in [-0.15, -0.1) is 11.8 Å². The molecule has 2 atom stereocenters. The minimum Gasteiger partial charge on any atom is -0.378 e. The largest absolute Gasteiger partial charge is 0.378 e. The first-order chi connectivity index (χ1) is 10.0. The van der Waals surface area contributed by atoms with Crippen molar-refractivity contribution in [2.24, 2.45) is 5.41 Å². The number of nitrogens with zero attached hydrogens (tertiary/aromatic N) is 1. The monoisotopic (exact) mass is 308 g/mol. The summed E-state index contributed by atoms with van der Waals surface area (Å²) in [7, 11) is 0. The molecule has 2 rings (SSSR count). The predicted molar refractivity (Wildman–Crippen MR) is 86.1 cm³/mol. The Morgan fingerprint density at radius 1 is 1.48 bits per heavy atom. The van der Waals surface area contributed by atoms with Crippen molar-refractivity contribution in [1.29, 1.82) is 0 Å². The molecule has 5 heteroatoms. The summed E-state index contributed by atoms with van der Waals surface area (Å²) in [4.78, 5) is 16.0. The van der Waals surface area contributed by atoms with E-state index in [2.05, 4.69) is 24.1 Å². The molecule has 1 aliphatic carbocycles. The van der Waals surface area contributed by atoms with Crippen LogP contribution in [0.2, 0.25) is 0 Å². The molecule has 1 N–H and O–H groups in total. The third kappa shape index (κ3) is 4.20. The number of carbonyl (C=O) groups excluding carboxylic acids is 1. The molecule has 1 fully saturated rings. The number of aromatic nitrogens is 1. The minimum atomic E-state index is 0.0292. The van der Waals surface area contributed by atoms with E-state index in [4.69, 9.17) is 4.74 Å². The van der Waals surface area contributed by atoms with Crippen LogP contribution in [0.1, 0.15) is 32.8 Å². The van der Waals surface area contributed by atoms with Crippen LogP contribution >= 0.6 is 11.8 Å². The number of pyridine rings is 1. The molecule has 21 heavy (non-hydrogen) atoms. The van der Waals surface area contributed by atoms with Crippen LogP contribution in [0, 0.1) is 5.41 Å². The van der Waals surface area contributed by atoms with Gasteiger partial charge in [-0.05, 0) is 31.0 Å². The summed E-state index contributed by atoms with van der Waals surface area (Å²) in [6, 6.07) is 4.18. The number of amides is 1. The van der Waals surface area contributed by atoms with Gasteiger partial charge in [-0.2, -0.15) is 0 Å². The lowest BCUT2D eigenvalue weighted by molar-refractivity contribution is -0.134. The third-order valence-electron chi connectivity index (χ3n) is 4.13. The minimum absolute atomic E-state index is 0.0292. The maximum absolute atomic E-state index is 12.0. The summed E-state index contributed by atoms with van der Waals surface area (Å²) in [5, 5.41) is 3.13. The van der Waals surface area contributed by atoms with Gasteiger partial charge in [0.25, 0.3) is 0 Å². The first kappa shape index (κ1) is 16.3. The van der Waals surface area contributed by atoms with Crippen molar-refractivity contribution in [3.63, 3.8) is 0 Å². The van der Waals surface area contributed by atoms with Crippen LogP contribution in [-0.2, 0) is 15.3 Å². The van der Waals surface area contributed by atoms with Crippen LogP contribution in [0.25, 0.3) is 0 Å². The highest BCUT2D eigenvalue weighted by Gasteiger charge is 2.49.